The number of ether oxygens (including phenoxy) is 1. The van der Waals surface area contributed by atoms with E-state index in [-0.39, 0.29) is 6.61 Å². The number of rotatable bonds is 8. The van der Waals surface area contributed by atoms with E-state index in [0.29, 0.717) is 28.6 Å². The third-order valence-electron chi connectivity index (χ3n) is 5.43. The van der Waals surface area contributed by atoms with Gasteiger partial charge in [-0.3, -0.25) is 14.4 Å². The number of aliphatic carboxylic acids is 1. The maximum Gasteiger partial charge on any atom is 0.325 e. The van der Waals surface area contributed by atoms with Crippen molar-refractivity contribution in [2.24, 2.45) is 5.73 Å². The van der Waals surface area contributed by atoms with E-state index >= 15 is 0 Å². The van der Waals surface area contributed by atoms with Crippen LogP contribution in [0.1, 0.15) is 22.8 Å². The lowest BCUT2D eigenvalue weighted by Crippen LogP contribution is -2.40. The lowest BCUT2D eigenvalue weighted by Gasteiger charge is -2.12. The second kappa shape index (κ2) is 9.04. The van der Waals surface area contributed by atoms with E-state index in [1.165, 1.54) is 6.92 Å². The summed E-state index contributed by atoms with van der Waals surface area (Å²) in [5, 5.41) is 12.6. The lowest BCUT2D eigenvalue weighted by atomic mass is 10.1. The van der Waals surface area contributed by atoms with Gasteiger partial charge in [0.15, 0.2) is 6.61 Å². The SMILES string of the molecule is C[C@H](NC(=O)COc1cccc2c1c1c(C(N)=O)cccc1n2Cc1ccccc1)C(=O)O. The van der Waals surface area contributed by atoms with E-state index in [1.807, 2.05) is 42.5 Å². The lowest BCUT2D eigenvalue weighted by molar-refractivity contribution is -0.141. The molecule has 1 atom stereocenters. The van der Waals surface area contributed by atoms with Crippen LogP contribution in [0.15, 0.2) is 66.7 Å². The number of carboxylic acid groups (broad SMARTS) is 1. The molecule has 0 aliphatic heterocycles. The molecular weight excluding hydrogens is 422 g/mol. The number of primary amides is 1. The number of nitrogens with two attached hydrogens (primary N) is 1. The third-order valence-corrected chi connectivity index (χ3v) is 5.43. The Bertz CT molecular complexity index is 1360. The summed E-state index contributed by atoms with van der Waals surface area (Å²) in [6.07, 6.45) is 0. The van der Waals surface area contributed by atoms with E-state index < -0.39 is 23.8 Å². The highest BCUT2D eigenvalue weighted by atomic mass is 16.5. The van der Waals surface area contributed by atoms with Crippen LogP contribution in [0.3, 0.4) is 0 Å². The first kappa shape index (κ1) is 21.9. The van der Waals surface area contributed by atoms with Crippen LogP contribution < -0.4 is 15.8 Å². The number of carbonyl (C=O) groups excluding carboxylic acids is 2. The van der Waals surface area contributed by atoms with Gasteiger partial charge in [-0.25, -0.2) is 0 Å². The molecule has 3 aromatic carbocycles. The molecule has 168 valence electrons. The molecule has 33 heavy (non-hydrogen) atoms. The Morgan fingerprint density at radius 2 is 1.64 bits per heavy atom. The van der Waals surface area contributed by atoms with Gasteiger partial charge in [-0.1, -0.05) is 42.5 Å². The molecule has 2 amide bonds. The number of carboxylic acids is 1. The van der Waals surface area contributed by atoms with Crippen LogP contribution in [0.4, 0.5) is 0 Å². The molecule has 0 spiro atoms. The topological polar surface area (TPSA) is 124 Å². The summed E-state index contributed by atoms with van der Waals surface area (Å²) < 4.78 is 7.87. The Labute approximate surface area is 189 Å². The number of fused-ring (bicyclic) bond motifs is 3. The third kappa shape index (κ3) is 4.36. The number of nitrogens with one attached hydrogen (secondary N) is 1. The Morgan fingerprint density at radius 1 is 0.970 bits per heavy atom. The molecule has 8 heteroatoms. The van der Waals surface area contributed by atoms with E-state index in [0.717, 1.165) is 16.6 Å². The van der Waals surface area contributed by atoms with Crippen LogP contribution in [-0.4, -0.2) is 40.1 Å². The highest BCUT2D eigenvalue weighted by Gasteiger charge is 2.20. The molecule has 0 aliphatic rings. The molecule has 4 aromatic rings. The van der Waals surface area contributed by atoms with Gasteiger partial charge >= 0.3 is 5.97 Å². The van der Waals surface area contributed by atoms with E-state index in [2.05, 4.69) is 9.88 Å². The molecule has 0 unspecified atom stereocenters. The van der Waals surface area contributed by atoms with Gasteiger partial charge in [-0.15, -0.1) is 0 Å². The summed E-state index contributed by atoms with van der Waals surface area (Å²) in [6.45, 7) is 1.56. The number of hydrogen-bond donors (Lipinski definition) is 3. The predicted octanol–water partition coefficient (Wildman–Crippen LogP) is 2.91. The molecule has 0 saturated carbocycles. The summed E-state index contributed by atoms with van der Waals surface area (Å²) in [5.41, 5.74) is 8.74. The van der Waals surface area contributed by atoms with Crippen LogP contribution >= 0.6 is 0 Å². The van der Waals surface area contributed by atoms with E-state index in [4.69, 9.17) is 15.6 Å². The molecule has 0 bridgehead atoms. The second-order valence-electron chi connectivity index (χ2n) is 7.70. The molecule has 1 heterocycles. The first-order valence-electron chi connectivity index (χ1n) is 10.4. The van der Waals surface area contributed by atoms with E-state index in [1.54, 1.807) is 24.3 Å². The Balaban J connectivity index is 1.82. The molecule has 1 aromatic heterocycles. The highest BCUT2D eigenvalue weighted by Crippen LogP contribution is 2.38. The quantitative estimate of drug-likeness (QED) is 0.385. The molecule has 0 fully saturated rings. The molecule has 4 rings (SSSR count). The zero-order valence-corrected chi connectivity index (χ0v) is 17.9. The highest BCUT2D eigenvalue weighted by molar-refractivity contribution is 6.19. The number of aromatic nitrogens is 1. The zero-order valence-electron chi connectivity index (χ0n) is 17.9. The molecule has 8 nitrogen and oxygen atoms in total. The van der Waals surface area contributed by atoms with Crippen LogP contribution in [-0.2, 0) is 16.1 Å². The monoisotopic (exact) mass is 445 g/mol. The summed E-state index contributed by atoms with van der Waals surface area (Å²) in [6, 6.07) is 19.7. The average Bonchev–Trinajstić information content (AvgIpc) is 3.12. The van der Waals surface area contributed by atoms with Crippen molar-refractivity contribution in [3.8, 4) is 5.75 Å². The first-order chi connectivity index (χ1) is 15.9. The van der Waals surface area contributed by atoms with Crippen molar-refractivity contribution in [2.75, 3.05) is 6.61 Å². The second-order valence-corrected chi connectivity index (χ2v) is 7.70. The summed E-state index contributed by atoms with van der Waals surface area (Å²) in [5.74, 6) is -1.87. The summed E-state index contributed by atoms with van der Waals surface area (Å²) in [4.78, 5) is 35.4. The Hall–Kier alpha value is -4.33. The Morgan fingerprint density at radius 3 is 2.30 bits per heavy atom. The number of hydrogen-bond acceptors (Lipinski definition) is 4. The van der Waals surface area contributed by atoms with Gasteiger partial charge in [0, 0.05) is 17.5 Å². The maximum absolute atomic E-state index is 12.2. The minimum Gasteiger partial charge on any atom is -0.483 e. The molecule has 0 saturated heterocycles. The van der Waals surface area contributed by atoms with Crippen molar-refractivity contribution < 1.29 is 24.2 Å². The van der Waals surface area contributed by atoms with Gasteiger partial charge in [-0.2, -0.15) is 0 Å². The van der Waals surface area contributed by atoms with Crippen molar-refractivity contribution in [1.82, 2.24) is 9.88 Å². The summed E-state index contributed by atoms with van der Waals surface area (Å²) >= 11 is 0. The van der Waals surface area contributed by atoms with Gasteiger partial charge in [-0.05, 0) is 36.8 Å². The summed E-state index contributed by atoms with van der Waals surface area (Å²) in [7, 11) is 0. The minimum absolute atomic E-state index is 0.351. The minimum atomic E-state index is -1.14. The van der Waals surface area contributed by atoms with Crippen LogP contribution in [0.5, 0.6) is 5.75 Å². The van der Waals surface area contributed by atoms with Gasteiger partial charge in [0.1, 0.15) is 11.8 Å². The van der Waals surface area contributed by atoms with Crippen molar-refractivity contribution in [1.29, 1.82) is 0 Å². The van der Waals surface area contributed by atoms with Crippen LogP contribution in [0.2, 0.25) is 0 Å². The number of amides is 2. The van der Waals surface area contributed by atoms with Gasteiger partial charge in [0.2, 0.25) is 5.91 Å². The number of nitrogens with zero attached hydrogens (tertiary/aromatic N) is 1. The fourth-order valence-corrected chi connectivity index (χ4v) is 3.90. The number of carbonyl (C=O) groups is 3. The molecule has 0 aliphatic carbocycles. The largest absolute Gasteiger partial charge is 0.483 e. The van der Waals surface area contributed by atoms with E-state index in [9.17, 15) is 14.4 Å². The van der Waals surface area contributed by atoms with Crippen molar-refractivity contribution >= 4 is 39.6 Å². The fraction of sp³-hybridized carbons (Fsp3) is 0.160. The molecule has 0 radical (unpaired) electrons. The normalized spacial score (nSPS) is 11.9. The van der Waals surface area contributed by atoms with Gasteiger partial charge in [0.25, 0.3) is 5.91 Å². The van der Waals surface area contributed by atoms with Crippen LogP contribution in [0.25, 0.3) is 21.8 Å². The molecular formula is C25H23N3O5. The number of benzene rings is 3. The predicted molar refractivity (Wildman–Crippen MR) is 124 cm³/mol. The Kier molecular flexibility index (Phi) is 5.99. The first-order valence-corrected chi connectivity index (χ1v) is 10.4. The van der Waals surface area contributed by atoms with Gasteiger partial charge < -0.3 is 25.5 Å². The average molecular weight is 445 g/mol. The van der Waals surface area contributed by atoms with Gasteiger partial charge in [0.05, 0.1) is 16.4 Å². The van der Waals surface area contributed by atoms with Crippen LogP contribution in [0, 0.1) is 0 Å². The zero-order chi connectivity index (χ0) is 23.5. The fourth-order valence-electron chi connectivity index (χ4n) is 3.90. The van der Waals surface area contributed by atoms with Crippen molar-refractivity contribution in [2.45, 2.75) is 19.5 Å². The standard InChI is InChI=1S/C25H23N3O5/c1-15(25(31)32)27-21(29)14-33-20-12-6-11-19-23(20)22-17(24(26)30)9-5-10-18(22)28(19)13-16-7-3-2-4-8-16/h2-12,15H,13-14H2,1H3,(H2,26,30)(H,27,29)(H,31,32)/t15-/m0/s1. The maximum atomic E-state index is 12.2. The van der Waals surface area contributed by atoms with Crippen molar-refractivity contribution in [3.05, 3.63) is 77.9 Å². The smallest absolute Gasteiger partial charge is 0.325 e. The van der Waals surface area contributed by atoms with Crippen molar-refractivity contribution in [3.63, 3.8) is 0 Å². The molecule has 4 N–H and O–H groups in total.